The van der Waals surface area contributed by atoms with Gasteiger partial charge in [0.2, 0.25) is 0 Å². The molecule has 1 aliphatic heterocycles. The number of anilines is 1. The van der Waals surface area contributed by atoms with Gasteiger partial charge in [0.05, 0.1) is 25.2 Å². The predicted molar refractivity (Wildman–Crippen MR) is 95.4 cm³/mol. The van der Waals surface area contributed by atoms with Crippen molar-refractivity contribution in [3.63, 3.8) is 0 Å². The molecule has 26 heavy (non-hydrogen) atoms. The lowest BCUT2D eigenvalue weighted by molar-refractivity contribution is -0.143. The largest absolute Gasteiger partial charge is 0.468 e. The number of hydrogen-bond acceptors (Lipinski definition) is 7. The van der Waals surface area contributed by atoms with Crippen LogP contribution in [0.1, 0.15) is 24.5 Å². The number of hydrogen-bond donors (Lipinski definition) is 2. The van der Waals surface area contributed by atoms with Crippen molar-refractivity contribution in [3.8, 4) is 11.1 Å². The Morgan fingerprint density at radius 2 is 2.19 bits per heavy atom. The topological polar surface area (TPSA) is 112 Å². The minimum Gasteiger partial charge on any atom is -0.468 e. The Morgan fingerprint density at radius 1 is 1.35 bits per heavy atom. The summed E-state index contributed by atoms with van der Waals surface area (Å²) in [5, 5.41) is 11.8. The van der Waals surface area contributed by atoms with Crippen molar-refractivity contribution >= 4 is 17.4 Å². The van der Waals surface area contributed by atoms with E-state index >= 15 is 0 Å². The summed E-state index contributed by atoms with van der Waals surface area (Å²) in [4.78, 5) is 16.5. The first-order valence-corrected chi connectivity index (χ1v) is 8.51. The van der Waals surface area contributed by atoms with Crippen molar-refractivity contribution in [2.24, 2.45) is 7.05 Å². The van der Waals surface area contributed by atoms with Crippen LogP contribution in [0.4, 0.5) is 5.82 Å². The summed E-state index contributed by atoms with van der Waals surface area (Å²) in [6, 6.07) is 1.61. The van der Waals surface area contributed by atoms with E-state index in [0.29, 0.717) is 24.4 Å². The lowest BCUT2D eigenvalue weighted by Gasteiger charge is -2.28. The molecule has 3 aromatic rings. The number of aryl methyl sites for hydroxylation is 1. The number of nitrogens with zero attached hydrogens (tertiary/aromatic N) is 5. The molecule has 0 amide bonds. The molecule has 9 nitrogen and oxygen atoms in total. The van der Waals surface area contributed by atoms with E-state index in [4.69, 9.17) is 15.5 Å². The summed E-state index contributed by atoms with van der Waals surface area (Å²) >= 11 is 0. The Morgan fingerprint density at radius 3 is 2.85 bits per heavy atom. The highest BCUT2D eigenvalue weighted by Crippen LogP contribution is 2.29. The fraction of sp³-hybridized carbons (Fsp3) is 0.412. The van der Waals surface area contributed by atoms with Gasteiger partial charge in [-0.25, -0.2) is 4.98 Å². The molecule has 0 radical (unpaired) electrons. The van der Waals surface area contributed by atoms with Gasteiger partial charge in [0.1, 0.15) is 11.9 Å². The van der Waals surface area contributed by atoms with E-state index in [1.54, 1.807) is 21.6 Å². The molecular formula is C17H21N7O2. The molecule has 4 rings (SSSR count). The molecule has 3 aromatic heterocycles. The molecule has 4 heterocycles. The average molecular weight is 355 g/mol. The van der Waals surface area contributed by atoms with Gasteiger partial charge >= 0.3 is 5.97 Å². The molecule has 0 saturated carbocycles. The maximum atomic E-state index is 11.7. The van der Waals surface area contributed by atoms with Gasteiger partial charge in [-0.15, -0.1) is 0 Å². The van der Waals surface area contributed by atoms with E-state index in [0.717, 1.165) is 23.2 Å². The standard InChI is InChI=1S/C17H21N7O2/c1-23-9-11(7-20-23)12-8-21-24-15(18)5-14(22-16(12)24)10-3-4-13(19-6-10)17(25)26-2/h5,7-10,13,19H,3-4,6,18H2,1-2H3. The van der Waals surface area contributed by atoms with E-state index in [1.165, 1.54) is 7.11 Å². The van der Waals surface area contributed by atoms with Crippen LogP contribution in [0.5, 0.6) is 0 Å². The molecule has 2 unspecified atom stereocenters. The average Bonchev–Trinajstić information content (AvgIpc) is 3.27. The molecule has 136 valence electrons. The number of fused-ring (bicyclic) bond motifs is 1. The molecule has 0 spiro atoms. The van der Waals surface area contributed by atoms with Crippen LogP contribution >= 0.6 is 0 Å². The summed E-state index contributed by atoms with van der Waals surface area (Å²) in [5.41, 5.74) is 9.65. The molecule has 1 fully saturated rings. The highest BCUT2D eigenvalue weighted by Gasteiger charge is 2.28. The number of ether oxygens (including phenoxy) is 1. The summed E-state index contributed by atoms with van der Waals surface area (Å²) in [6.45, 7) is 0.652. The molecular weight excluding hydrogens is 334 g/mol. The van der Waals surface area contributed by atoms with Crippen LogP contribution in [-0.2, 0) is 16.6 Å². The molecule has 9 heteroatoms. The normalized spacial score (nSPS) is 20.4. The van der Waals surface area contributed by atoms with Gasteiger partial charge in [0, 0.05) is 42.9 Å². The first-order valence-electron chi connectivity index (χ1n) is 8.51. The third kappa shape index (κ3) is 2.80. The zero-order valence-corrected chi connectivity index (χ0v) is 14.7. The van der Waals surface area contributed by atoms with E-state index in [2.05, 4.69) is 15.5 Å². The van der Waals surface area contributed by atoms with Crippen LogP contribution in [0.2, 0.25) is 0 Å². The molecule has 1 aliphatic rings. The smallest absolute Gasteiger partial charge is 0.322 e. The number of aromatic nitrogens is 5. The quantitative estimate of drug-likeness (QED) is 0.666. The van der Waals surface area contributed by atoms with Gasteiger partial charge < -0.3 is 15.8 Å². The van der Waals surface area contributed by atoms with Crippen molar-refractivity contribution < 1.29 is 9.53 Å². The van der Waals surface area contributed by atoms with Crippen LogP contribution in [0, 0.1) is 0 Å². The van der Waals surface area contributed by atoms with Gasteiger partial charge in [-0.2, -0.15) is 14.7 Å². The Kier molecular flexibility index (Phi) is 4.08. The lowest BCUT2D eigenvalue weighted by Crippen LogP contribution is -2.44. The summed E-state index contributed by atoms with van der Waals surface area (Å²) in [6.07, 6.45) is 7.01. The van der Waals surface area contributed by atoms with E-state index < -0.39 is 0 Å². The Hall–Kier alpha value is -2.94. The van der Waals surface area contributed by atoms with Gasteiger partial charge in [-0.05, 0) is 12.8 Å². The van der Waals surface area contributed by atoms with E-state index in [9.17, 15) is 4.79 Å². The van der Waals surface area contributed by atoms with Crippen LogP contribution in [0.25, 0.3) is 16.8 Å². The van der Waals surface area contributed by atoms with E-state index in [1.807, 2.05) is 19.3 Å². The zero-order valence-electron chi connectivity index (χ0n) is 14.7. The predicted octanol–water partition coefficient (Wildman–Crippen LogP) is 0.721. The van der Waals surface area contributed by atoms with Gasteiger partial charge in [-0.1, -0.05) is 0 Å². The number of carbonyl (C=O) groups is 1. The van der Waals surface area contributed by atoms with Gasteiger partial charge in [0.25, 0.3) is 0 Å². The van der Waals surface area contributed by atoms with Gasteiger partial charge in [-0.3, -0.25) is 9.48 Å². The maximum Gasteiger partial charge on any atom is 0.322 e. The van der Waals surface area contributed by atoms with Crippen LogP contribution in [0.3, 0.4) is 0 Å². The Labute approximate surface area is 150 Å². The first-order chi connectivity index (χ1) is 12.6. The fourth-order valence-corrected chi connectivity index (χ4v) is 3.43. The Balaban J connectivity index is 1.66. The van der Waals surface area contributed by atoms with Crippen molar-refractivity contribution in [1.82, 2.24) is 29.7 Å². The van der Waals surface area contributed by atoms with Crippen molar-refractivity contribution in [1.29, 1.82) is 0 Å². The van der Waals surface area contributed by atoms with Crippen LogP contribution < -0.4 is 11.1 Å². The van der Waals surface area contributed by atoms with Crippen molar-refractivity contribution in [2.75, 3.05) is 19.4 Å². The van der Waals surface area contributed by atoms with Gasteiger partial charge in [0.15, 0.2) is 5.65 Å². The monoisotopic (exact) mass is 355 g/mol. The number of carbonyl (C=O) groups excluding carboxylic acids is 1. The Bertz CT molecular complexity index is 953. The summed E-state index contributed by atoms with van der Waals surface area (Å²) in [5.74, 6) is 0.496. The third-order valence-electron chi connectivity index (χ3n) is 4.85. The van der Waals surface area contributed by atoms with Crippen molar-refractivity contribution in [3.05, 3.63) is 30.4 Å². The minimum atomic E-state index is -0.252. The second-order valence-corrected chi connectivity index (χ2v) is 6.56. The lowest BCUT2D eigenvalue weighted by atomic mass is 9.92. The number of nitrogens with two attached hydrogens (primary N) is 1. The summed E-state index contributed by atoms with van der Waals surface area (Å²) in [7, 11) is 3.28. The molecule has 0 aliphatic carbocycles. The highest BCUT2D eigenvalue weighted by atomic mass is 16.5. The number of methoxy groups -OCH3 is 1. The molecule has 0 aromatic carbocycles. The molecule has 0 bridgehead atoms. The van der Waals surface area contributed by atoms with Crippen molar-refractivity contribution in [2.45, 2.75) is 24.8 Å². The van der Waals surface area contributed by atoms with Crippen LogP contribution in [-0.4, -0.2) is 50.0 Å². The third-order valence-corrected chi connectivity index (χ3v) is 4.85. The molecule has 3 N–H and O–H groups in total. The fourth-order valence-electron chi connectivity index (χ4n) is 3.43. The maximum absolute atomic E-state index is 11.7. The van der Waals surface area contributed by atoms with Crippen LogP contribution in [0.15, 0.2) is 24.7 Å². The minimum absolute atomic E-state index is 0.180. The second kappa shape index (κ2) is 6.41. The SMILES string of the molecule is COC(=O)C1CCC(c2cc(N)n3ncc(-c4cnn(C)c4)c3n2)CN1. The zero-order chi connectivity index (χ0) is 18.3. The number of piperidine rings is 1. The summed E-state index contributed by atoms with van der Waals surface area (Å²) < 4.78 is 8.19. The number of rotatable bonds is 3. The second-order valence-electron chi connectivity index (χ2n) is 6.56. The number of nitrogen functional groups attached to an aromatic ring is 1. The number of esters is 1. The molecule has 1 saturated heterocycles. The van der Waals surface area contributed by atoms with E-state index in [-0.39, 0.29) is 17.9 Å². The highest BCUT2D eigenvalue weighted by molar-refractivity contribution is 5.77. The first kappa shape index (κ1) is 16.5. The molecule has 2 atom stereocenters. The number of nitrogens with one attached hydrogen (secondary N) is 1.